The molecule has 1 heterocycles. The number of carbonyl (C=O) groups excluding carboxylic acids is 3. The Kier molecular flexibility index (Phi) is 11.4. The molecule has 1 fully saturated rings. The minimum Gasteiger partial charge on any atom is -0.463 e. The number of rotatable bonds is 10. The van der Waals surface area contributed by atoms with Crippen LogP contribution in [0.15, 0.2) is 11.6 Å². The summed E-state index contributed by atoms with van der Waals surface area (Å²) in [6, 6.07) is -1.11. The van der Waals surface area contributed by atoms with Crippen LogP contribution in [-0.4, -0.2) is 73.0 Å². The summed E-state index contributed by atoms with van der Waals surface area (Å²) in [5.41, 5.74) is 0.477. The van der Waals surface area contributed by atoms with E-state index in [1.165, 1.54) is 0 Å². The molecule has 0 unspecified atom stereocenters. The lowest BCUT2D eigenvalue weighted by atomic mass is 9.90. The molecular formula is C25H45N3O4. The molecule has 0 radical (unpaired) electrons. The fourth-order valence-corrected chi connectivity index (χ4v) is 4.35. The van der Waals surface area contributed by atoms with Gasteiger partial charge in [-0.1, -0.05) is 47.1 Å². The van der Waals surface area contributed by atoms with Gasteiger partial charge in [-0.3, -0.25) is 14.5 Å². The second-order valence-electron chi connectivity index (χ2n) is 9.79. The smallest absolute Gasteiger partial charge is 0.333 e. The van der Waals surface area contributed by atoms with Gasteiger partial charge in [-0.25, -0.2) is 4.79 Å². The quantitative estimate of drug-likeness (QED) is 0.407. The Labute approximate surface area is 194 Å². The van der Waals surface area contributed by atoms with Crippen LogP contribution in [0.3, 0.4) is 0 Å². The zero-order valence-corrected chi connectivity index (χ0v) is 21.6. The van der Waals surface area contributed by atoms with Crippen LogP contribution >= 0.6 is 0 Å². The highest BCUT2D eigenvalue weighted by atomic mass is 16.5. The summed E-state index contributed by atoms with van der Waals surface area (Å²) >= 11 is 0. The number of likely N-dealkylation sites (N-methyl/N-ethyl adjacent to an activating group) is 2. The highest BCUT2D eigenvalue weighted by Crippen LogP contribution is 2.24. The molecule has 7 heteroatoms. The van der Waals surface area contributed by atoms with E-state index in [2.05, 4.69) is 17.1 Å². The fourth-order valence-electron chi connectivity index (χ4n) is 4.35. The van der Waals surface area contributed by atoms with Gasteiger partial charge in [0.05, 0.1) is 18.7 Å². The maximum atomic E-state index is 13.5. The molecule has 0 aromatic rings. The zero-order chi connectivity index (χ0) is 24.6. The van der Waals surface area contributed by atoms with E-state index in [0.29, 0.717) is 18.1 Å². The molecule has 0 saturated carbocycles. The lowest BCUT2D eigenvalue weighted by Gasteiger charge is -2.38. The van der Waals surface area contributed by atoms with Crippen LogP contribution in [0.4, 0.5) is 0 Å². The molecule has 4 atom stereocenters. The summed E-state index contributed by atoms with van der Waals surface area (Å²) in [6.45, 7) is 14.8. The van der Waals surface area contributed by atoms with Crippen LogP contribution in [0, 0.1) is 17.8 Å². The van der Waals surface area contributed by atoms with Gasteiger partial charge in [-0.15, -0.1) is 0 Å². The molecule has 7 nitrogen and oxygen atoms in total. The number of carbonyl (C=O) groups is 3. The molecule has 2 amide bonds. The lowest BCUT2D eigenvalue weighted by molar-refractivity contribution is -0.140. The summed E-state index contributed by atoms with van der Waals surface area (Å²) in [4.78, 5) is 42.4. The summed E-state index contributed by atoms with van der Waals surface area (Å²) in [7, 11) is 3.73. The molecule has 1 saturated heterocycles. The van der Waals surface area contributed by atoms with E-state index in [4.69, 9.17) is 4.74 Å². The highest BCUT2D eigenvalue weighted by molar-refractivity contribution is 5.91. The second kappa shape index (κ2) is 13.0. The lowest BCUT2D eigenvalue weighted by Crippen LogP contribution is -2.58. The van der Waals surface area contributed by atoms with E-state index < -0.39 is 6.04 Å². The van der Waals surface area contributed by atoms with Crippen LogP contribution in [-0.2, 0) is 19.1 Å². The average Bonchev–Trinajstić information content (AvgIpc) is 2.73. The number of hydrogen-bond acceptors (Lipinski definition) is 5. The number of nitrogens with one attached hydrogen (secondary N) is 1. The molecular weight excluding hydrogens is 406 g/mol. The topological polar surface area (TPSA) is 79.0 Å². The van der Waals surface area contributed by atoms with Gasteiger partial charge in [-0.05, 0) is 51.5 Å². The van der Waals surface area contributed by atoms with Crippen LogP contribution in [0.1, 0.15) is 67.7 Å². The molecule has 0 spiro atoms. The third-order valence-corrected chi connectivity index (χ3v) is 6.53. The summed E-state index contributed by atoms with van der Waals surface area (Å²) in [5, 5.41) is 3.04. The molecule has 1 aliphatic rings. The van der Waals surface area contributed by atoms with Crippen molar-refractivity contribution in [1.82, 2.24) is 15.1 Å². The van der Waals surface area contributed by atoms with Crippen LogP contribution in [0.25, 0.3) is 0 Å². The fraction of sp³-hybridized carbons (Fsp3) is 0.800. The van der Waals surface area contributed by atoms with Gasteiger partial charge in [0.25, 0.3) is 0 Å². The van der Waals surface area contributed by atoms with Crippen LogP contribution < -0.4 is 5.32 Å². The number of hydrogen-bond donors (Lipinski definition) is 1. The molecule has 0 aromatic carbocycles. The maximum absolute atomic E-state index is 13.5. The predicted molar refractivity (Wildman–Crippen MR) is 128 cm³/mol. The van der Waals surface area contributed by atoms with E-state index in [0.717, 1.165) is 25.8 Å². The first-order chi connectivity index (χ1) is 14.9. The Bertz CT molecular complexity index is 674. The van der Waals surface area contributed by atoms with E-state index in [-0.39, 0.29) is 41.7 Å². The number of likely N-dealkylation sites (tertiary alicyclic amines) is 1. The van der Waals surface area contributed by atoms with Crippen molar-refractivity contribution in [3.63, 3.8) is 0 Å². The van der Waals surface area contributed by atoms with E-state index in [1.807, 2.05) is 34.7 Å². The first-order valence-corrected chi connectivity index (χ1v) is 12.1. The standard InChI is InChI=1S/C25H45N3O4/c1-10-19-12-13-20(27(8)15-19)23(29)26-22(17(5)6)24(30)28(9)21(16(3)4)14-18(7)25(31)32-11-2/h14,16-17,19-22H,10-13,15H2,1-9H3,(H,26,29)/t19-,20+,21+,22-/m0/s1. The normalized spacial score (nSPS) is 21.9. The molecule has 1 aliphatic heterocycles. The number of ether oxygens (including phenoxy) is 1. The van der Waals surface area contributed by atoms with Crippen LogP contribution in [0.5, 0.6) is 0 Å². The largest absolute Gasteiger partial charge is 0.463 e. The maximum Gasteiger partial charge on any atom is 0.333 e. The van der Waals surface area contributed by atoms with Gasteiger partial charge in [0.15, 0.2) is 0 Å². The molecule has 32 heavy (non-hydrogen) atoms. The molecule has 0 bridgehead atoms. The van der Waals surface area contributed by atoms with E-state index in [1.54, 1.807) is 31.9 Å². The zero-order valence-electron chi connectivity index (χ0n) is 21.6. The Morgan fingerprint density at radius 2 is 1.75 bits per heavy atom. The molecule has 1 N–H and O–H groups in total. The van der Waals surface area contributed by atoms with Gasteiger partial charge in [0, 0.05) is 19.2 Å². The SMILES string of the molecule is CCOC(=O)C(C)=C[C@H](C(C)C)N(C)C(=O)[C@@H](NC(=O)[C@H]1CC[C@H](CC)CN1C)C(C)C. The first kappa shape index (κ1) is 28.1. The van der Waals surface area contributed by atoms with Crippen molar-refractivity contribution in [2.24, 2.45) is 17.8 Å². The molecule has 184 valence electrons. The number of nitrogens with zero attached hydrogens (tertiary/aromatic N) is 2. The second-order valence-corrected chi connectivity index (χ2v) is 9.79. The van der Waals surface area contributed by atoms with Crippen molar-refractivity contribution < 1.29 is 19.1 Å². The summed E-state index contributed by atoms with van der Waals surface area (Å²) in [5.74, 6) is 0.0468. The van der Waals surface area contributed by atoms with Gasteiger partial charge >= 0.3 is 5.97 Å². The van der Waals surface area contributed by atoms with E-state index >= 15 is 0 Å². The third-order valence-electron chi connectivity index (χ3n) is 6.53. The van der Waals surface area contributed by atoms with Crippen molar-refractivity contribution in [2.75, 3.05) is 27.2 Å². The minimum atomic E-state index is -0.623. The van der Waals surface area contributed by atoms with Crippen molar-refractivity contribution in [2.45, 2.75) is 85.9 Å². The van der Waals surface area contributed by atoms with Gasteiger partial charge in [0.2, 0.25) is 11.8 Å². The molecule has 0 aromatic heterocycles. The number of piperidine rings is 1. The van der Waals surface area contributed by atoms with Crippen LogP contribution in [0.2, 0.25) is 0 Å². The molecule has 1 rings (SSSR count). The first-order valence-electron chi connectivity index (χ1n) is 12.1. The van der Waals surface area contributed by atoms with Gasteiger partial charge in [-0.2, -0.15) is 0 Å². The van der Waals surface area contributed by atoms with E-state index in [9.17, 15) is 14.4 Å². The number of esters is 1. The Hall–Kier alpha value is -1.89. The monoisotopic (exact) mass is 451 g/mol. The Morgan fingerprint density at radius 1 is 1.12 bits per heavy atom. The van der Waals surface area contributed by atoms with Gasteiger partial charge < -0.3 is 15.0 Å². The van der Waals surface area contributed by atoms with Gasteiger partial charge in [0.1, 0.15) is 6.04 Å². The summed E-state index contributed by atoms with van der Waals surface area (Å²) in [6.07, 6.45) is 4.75. The third kappa shape index (κ3) is 7.61. The average molecular weight is 452 g/mol. The summed E-state index contributed by atoms with van der Waals surface area (Å²) < 4.78 is 5.08. The van der Waals surface area contributed by atoms with Crippen molar-refractivity contribution in [3.8, 4) is 0 Å². The van der Waals surface area contributed by atoms with Crippen molar-refractivity contribution in [1.29, 1.82) is 0 Å². The number of amides is 2. The van der Waals surface area contributed by atoms with Crippen molar-refractivity contribution >= 4 is 17.8 Å². The Balaban J connectivity index is 2.99. The van der Waals surface area contributed by atoms with Crippen molar-refractivity contribution in [3.05, 3.63) is 11.6 Å². The minimum absolute atomic E-state index is 0.0610. The predicted octanol–water partition coefficient (Wildman–Crippen LogP) is 3.24. The highest BCUT2D eigenvalue weighted by Gasteiger charge is 2.35. The molecule has 0 aliphatic carbocycles. The Morgan fingerprint density at radius 3 is 2.22 bits per heavy atom.